The number of amides is 1. The molecule has 0 radical (unpaired) electrons. The first-order chi connectivity index (χ1) is 9.06. The lowest BCUT2D eigenvalue weighted by molar-refractivity contribution is -0.0244. The summed E-state index contributed by atoms with van der Waals surface area (Å²) in [5.41, 5.74) is 0.809. The topological polar surface area (TPSA) is 38.8 Å². The summed E-state index contributed by atoms with van der Waals surface area (Å²) in [5, 5.41) is -0.171. The van der Waals surface area contributed by atoms with Gasteiger partial charge >= 0.3 is 6.09 Å². The van der Waals surface area contributed by atoms with Crippen LogP contribution in [0.4, 0.5) is 9.18 Å². The molecule has 0 bridgehead atoms. The quantitative estimate of drug-likeness (QED) is 0.784. The van der Waals surface area contributed by atoms with Crippen LogP contribution in [0.1, 0.15) is 11.7 Å². The zero-order valence-corrected chi connectivity index (χ0v) is 10.9. The van der Waals surface area contributed by atoms with Gasteiger partial charge in [-0.3, -0.25) is 0 Å². The molecule has 1 fully saturated rings. The SMILES string of the molecule is C=C(Cl)OC(=O)N1CCO[C@@H](c2ccc(F)cc2)C1. The predicted molar refractivity (Wildman–Crippen MR) is 68.1 cm³/mol. The van der Waals surface area contributed by atoms with Crippen LogP contribution in [0.25, 0.3) is 0 Å². The van der Waals surface area contributed by atoms with Gasteiger partial charge in [0.2, 0.25) is 0 Å². The van der Waals surface area contributed by atoms with Crippen molar-refractivity contribution in [3.63, 3.8) is 0 Å². The normalized spacial score (nSPS) is 19.1. The van der Waals surface area contributed by atoms with Crippen LogP contribution >= 0.6 is 11.6 Å². The van der Waals surface area contributed by atoms with Gasteiger partial charge in [-0.25, -0.2) is 9.18 Å². The highest BCUT2D eigenvalue weighted by Crippen LogP contribution is 2.23. The monoisotopic (exact) mass is 285 g/mol. The van der Waals surface area contributed by atoms with Crippen molar-refractivity contribution in [1.82, 2.24) is 4.90 Å². The fraction of sp³-hybridized carbons (Fsp3) is 0.308. The lowest BCUT2D eigenvalue weighted by atomic mass is 10.1. The summed E-state index contributed by atoms with van der Waals surface area (Å²) >= 11 is 5.43. The third kappa shape index (κ3) is 3.68. The third-order valence-corrected chi connectivity index (χ3v) is 2.84. The minimum absolute atomic E-state index is 0.171. The van der Waals surface area contributed by atoms with Gasteiger partial charge in [0.15, 0.2) is 5.22 Å². The van der Waals surface area contributed by atoms with Gasteiger partial charge in [0.25, 0.3) is 0 Å². The number of carbonyl (C=O) groups is 1. The number of halogens is 2. The van der Waals surface area contributed by atoms with Crippen LogP contribution in [0.5, 0.6) is 0 Å². The molecule has 0 N–H and O–H groups in total. The van der Waals surface area contributed by atoms with Crippen molar-refractivity contribution in [1.29, 1.82) is 0 Å². The lowest BCUT2D eigenvalue weighted by Gasteiger charge is -2.32. The first kappa shape index (κ1) is 13.8. The van der Waals surface area contributed by atoms with Crippen molar-refractivity contribution in [3.05, 3.63) is 47.4 Å². The Labute approximate surface area is 115 Å². The highest BCUT2D eigenvalue weighted by atomic mass is 35.5. The maximum absolute atomic E-state index is 12.9. The first-order valence-corrected chi connectivity index (χ1v) is 6.12. The minimum atomic E-state index is -0.560. The van der Waals surface area contributed by atoms with E-state index < -0.39 is 6.09 Å². The molecule has 4 nitrogen and oxygen atoms in total. The molecule has 1 aliphatic heterocycles. The molecule has 1 heterocycles. The van der Waals surface area contributed by atoms with Crippen LogP contribution in [0.2, 0.25) is 0 Å². The Morgan fingerprint density at radius 2 is 2.16 bits per heavy atom. The standard InChI is InChI=1S/C13H13ClFNO3/c1-9(14)19-13(17)16-6-7-18-12(8-16)10-2-4-11(15)5-3-10/h2-5,12H,1,6-8H2/t12-/m1/s1. The van der Waals surface area contributed by atoms with Gasteiger partial charge in [0, 0.05) is 6.54 Å². The number of hydrogen-bond donors (Lipinski definition) is 0. The van der Waals surface area contributed by atoms with Crippen molar-refractivity contribution < 1.29 is 18.7 Å². The molecule has 0 spiro atoms. The molecule has 1 amide bonds. The van der Waals surface area contributed by atoms with Gasteiger partial charge in [-0.2, -0.15) is 0 Å². The summed E-state index contributed by atoms with van der Waals surface area (Å²) in [5.74, 6) is -0.311. The van der Waals surface area contributed by atoms with E-state index in [4.69, 9.17) is 21.1 Å². The maximum Gasteiger partial charge on any atom is 0.416 e. The van der Waals surface area contributed by atoms with Gasteiger partial charge in [-0.1, -0.05) is 12.1 Å². The number of benzene rings is 1. The fourth-order valence-electron chi connectivity index (χ4n) is 1.85. The third-order valence-electron chi connectivity index (χ3n) is 2.76. The number of ether oxygens (including phenoxy) is 2. The van der Waals surface area contributed by atoms with Gasteiger partial charge in [-0.15, -0.1) is 0 Å². The van der Waals surface area contributed by atoms with Crippen LogP contribution in [0.15, 0.2) is 36.1 Å². The molecule has 0 aliphatic carbocycles. The van der Waals surface area contributed by atoms with Crippen LogP contribution in [-0.4, -0.2) is 30.7 Å². The van der Waals surface area contributed by atoms with E-state index in [0.29, 0.717) is 19.7 Å². The van der Waals surface area contributed by atoms with E-state index in [1.807, 2.05) is 0 Å². The van der Waals surface area contributed by atoms with E-state index in [-0.39, 0.29) is 17.1 Å². The molecular weight excluding hydrogens is 273 g/mol. The molecule has 0 saturated carbocycles. The molecular formula is C13H13ClFNO3. The van der Waals surface area contributed by atoms with E-state index in [0.717, 1.165) is 5.56 Å². The Bertz CT molecular complexity index is 477. The molecule has 2 rings (SSSR count). The summed E-state index contributed by atoms with van der Waals surface area (Å²) in [6, 6.07) is 5.98. The van der Waals surface area contributed by atoms with Crippen LogP contribution in [0.3, 0.4) is 0 Å². The molecule has 19 heavy (non-hydrogen) atoms. The smallest absolute Gasteiger partial charge is 0.398 e. The van der Waals surface area contributed by atoms with E-state index in [1.165, 1.54) is 17.0 Å². The van der Waals surface area contributed by atoms with Crippen LogP contribution in [0, 0.1) is 5.82 Å². The summed E-state index contributed by atoms with van der Waals surface area (Å²) in [6.45, 7) is 4.43. The molecule has 1 saturated heterocycles. The van der Waals surface area contributed by atoms with Gasteiger partial charge in [-0.05, 0) is 35.9 Å². The van der Waals surface area contributed by atoms with E-state index in [2.05, 4.69) is 6.58 Å². The Morgan fingerprint density at radius 3 is 2.79 bits per heavy atom. The molecule has 1 aromatic rings. The van der Waals surface area contributed by atoms with E-state index >= 15 is 0 Å². The average Bonchev–Trinajstić information content (AvgIpc) is 2.39. The predicted octanol–water partition coefficient (Wildman–Crippen LogP) is 3.05. The Morgan fingerprint density at radius 1 is 1.47 bits per heavy atom. The highest BCUT2D eigenvalue weighted by molar-refractivity contribution is 6.28. The van der Waals surface area contributed by atoms with Gasteiger partial charge in [0.05, 0.1) is 13.2 Å². The molecule has 6 heteroatoms. The molecule has 1 atom stereocenters. The maximum atomic E-state index is 12.9. The number of nitrogens with zero attached hydrogens (tertiary/aromatic N) is 1. The summed E-state index contributed by atoms with van der Waals surface area (Å²) in [4.78, 5) is 13.2. The zero-order valence-electron chi connectivity index (χ0n) is 10.1. The number of rotatable bonds is 2. The summed E-state index contributed by atoms with van der Waals surface area (Å²) in [6.07, 6.45) is -0.860. The summed E-state index contributed by atoms with van der Waals surface area (Å²) < 4.78 is 23.1. The molecule has 1 aromatic carbocycles. The highest BCUT2D eigenvalue weighted by Gasteiger charge is 2.26. The number of carbonyl (C=O) groups excluding carboxylic acids is 1. The molecule has 1 aliphatic rings. The first-order valence-electron chi connectivity index (χ1n) is 5.74. The van der Waals surface area contributed by atoms with E-state index in [9.17, 15) is 9.18 Å². The Hall–Kier alpha value is -1.59. The van der Waals surface area contributed by atoms with Crippen LogP contribution in [-0.2, 0) is 9.47 Å². The fourth-order valence-corrected chi connectivity index (χ4v) is 1.92. The number of hydrogen-bond acceptors (Lipinski definition) is 3. The van der Waals surface area contributed by atoms with Crippen LogP contribution < -0.4 is 0 Å². The Balaban J connectivity index is 2.02. The van der Waals surface area contributed by atoms with Crippen molar-refractivity contribution in [2.24, 2.45) is 0 Å². The molecule has 102 valence electrons. The second-order valence-corrected chi connectivity index (χ2v) is 4.50. The van der Waals surface area contributed by atoms with Gasteiger partial charge < -0.3 is 14.4 Å². The minimum Gasteiger partial charge on any atom is -0.398 e. The second-order valence-electron chi connectivity index (χ2n) is 4.08. The molecule has 0 unspecified atom stereocenters. The van der Waals surface area contributed by atoms with E-state index in [1.54, 1.807) is 12.1 Å². The van der Waals surface area contributed by atoms with Crippen molar-refractivity contribution in [2.75, 3.05) is 19.7 Å². The largest absolute Gasteiger partial charge is 0.416 e. The van der Waals surface area contributed by atoms with Crippen molar-refractivity contribution in [3.8, 4) is 0 Å². The van der Waals surface area contributed by atoms with Crippen molar-refractivity contribution in [2.45, 2.75) is 6.10 Å². The Kier molecular flexibility index (Phi) is 4.39. The molecule has 0 aromatic heterocycles. The number of morpholine rings is 1. The lowest BCUT2D eigenvalue weighted by Crippen LogP contribution is -2.42. The second kappa shape index (κ2) is 6.04. The van der Waals surface area contributed by atoms with Gasteiger partial charge in [0.1, 0.15) is 11.9 Å². The summed E-state index contributed by atoms with van der Waals surface area (Å²) in [7, 11) is 0. The average molecular weight is 286 g/mol. The van der Waals surface area contributed by atoms with Crippen molar-refractivity contribution >= 4 is 17.7 Å². The zero-order chi connectivity index (χ0) is 13.8.